The van der Waals surface area contributed by atoms with Crippen LogP contribution in [-0.4, -0.2) is 21.6 Å². The number of carbonyl (C=O) groups is 2. The van der Waals surface area contributed by atoms with Gasteiger partial charge >= 0.3 is 0 Å². The van der Waals surface area contributed by atoms with Gasteiger partial charge in [0, 0.05) is 16.9 Å². The summed E-state index contributed by atoms with van der Waals surface area (Å²) >= 11 is 0. The van der Waals surface area contributed by atoms with Crippen molar-refractivity contribution in [2.45, 2.75) is 6.92 Å². The van der Waals surface area contributed by atoms with E-state index in [0.717, 1.165) is 0 Å². The summed E-state index contributed by atoms with van der Waals surface area (Å²) < 4.78 is 15.3. The van der Waals surface area contributed by atoms with Gasteiger partial charge in [-0.1, -0.05) is 12.1 Å². The van der Waals surface area contributed by atoms with Crippen molar-refractivity contribution in [3.8, 4) is 5.69 Å². The number of aryl methyl sites for hydroxylation is 1. The molecule has 0 unspecified atom stereocenters. The molecule has 25 heavy (non-hydrogen) atoms. The molecular weight excluding hydrogens is 323 g/mol. The molecule has 3 rings (SSSR count). The molecule has 0 spiro atoms. The standard InChI is InChI=1S/C18H15FN4O2/c1-11-10-15(22-23(11)16-5-3-2-4-14(16)19)18(25)21-13-8-6-12(7-9-13)17(20)24/h2-10H,1H3,(H2,20,24)(H,21,25). The smallest absolute Gasteiger partial charge is 0.276 e. The number of primary amides is 1. The van der Waals surface area contributed by atoms with E-state index in [1.807, 2.05) is 0 Å². The maximum Gasteiger partial charge on any atom is 0.276 e. The van der Waals surface area contributed by atoms with Gasteiger partial charge in [-0.2, -0.15) is 5.10 Å². The largest absolute Gasteiger partial charge is 0.366 e. The fourth-order valence-corrected chi connectivity index (χ4v) is 2.37. The Balaban J connectivity index is 1.83. The number of benzene rings is 2. The van der Waals surface area contributed by atoms with Crippen LogP contribution in [0.15, 0.2) is 54.6 Å². The Morgan fingerprint density at radius 2 is 1.80 bits per heavy atom. The van der Waals surface area contributed by atoms with Crippen molar-refractivity contribution in [1.82, 2.24) is 9.78 Å². The maximum absolute atomic E-state index is 13.9. The van der Waals surface area contributed by atoms with E-state index >= 15 is 0 Å². The summed E-state index contributed by atoms with van der Waals surface area (Å²) in [4.78, 5) is 23.4. The zero-order valence-electron chi connectivity index (χ0n) is 13.4. The molecule has 2 aromatic carbocycles. The molecule has 0 fully saturated rings. The van der Waals surface area contributed by atoms with Gasteiger partial charge < -0.3 is 11.1 Å². The number of nitrogens with zero attached hydrogens (tertiary/aromatic N) is 2. The lowest BCUT2D eigenvalue weighted by atomic mass is 10.2. The second-order valence-electron chi connectivity index (χ2n) is 5.43. The lowest BCUT2D eigenvalue weighted by molar-refractivity contribution is 0.0997. The van der Waals surface area contributed by atoms with Gasteiger partial charge in [0.15, 0.2) is 5.69 Å². The van der Waals surface area contributed by atoms with Crippen LogP contribution < -0.4 is 11.1 Å². The third-order valence-corrected chi connectivity index (χ3v) is 3.63. The molecule has 0 aliphatic rings. The normalized spacial score (nSPS) is 10.5. The van der Waals surface area contributed by atoms with E-state index in [1.54, 1.807) is 43.3 Å². The number of hydrogen-bond donors (Lipinski definition) is 2. The van der Waals surface area contributed by atoms with Crippen LogP contribution in [0.4, 0.5) is 10.1 Å². The van der Waals surface area contributed by atoms with E-state index in [2.05, 4.69) is 10.4 Å². The highest BCUT2D eigenvalue weighted by Crippen LogP contribution is 2.17. The number of anilines is 1. The van der Waals surface area contributed by atoms with Crippen molar-refractivity contribution in [1.29, 1.82) is 0 Å². The Kier molecular flexibility index (Phi) is 4.30. The Hall–Kier alpha value is -3.48. The third-order valence-electron chi connectivity index (χ3n) is 3.63. The molecule has 0 atom stereocenters. The van der Waals surface area contributed by atoms with Gasteiger partial charge in [-0.15, -0.1) is 0 Å². The van der Waals surface area contributed by atoms with Crippen molar-refractivity contribution < 1.29 is 14.0 Å². The summed E-state index contributed by atoms with van der Waals surface area (Å²) in [6, 6.07) is 13.9. The van der Waals surface area contributed by atoms with E-state index in [9.17, 15) is 14.0 Å². The van der Waals surface area contributed by atoms with Gasteiger partial charge in [-0.05, 0) is 49.4 Å². The lowest BCUT2D eigenvalue weighted by Gasteiger charge is -2.05. The summed E-state index contributed by atoms with van der Waals surface area (Å²) in [6.07, 6.45) is 0. The quantitative estimate of drug-likeness (QED) is 0.766. The molecule has 126 valence electrons. The highest BCUT2D eigenvalue weighted by molar-refractivity contribution is 6.03. The summed E-state index contributed by atoms with van der Waals surface area (Å²) in [5, 5.41) is 6.84. The maximum atomic E-state index is 13.9. The number of hydrogen-bond acceptors (Lipinski definition) is 3. The van der Waals surface area contributed by atoms with Gasteiger partial charge in [0.05, 0.1) is 0 Å². The van der Waals surface area contributed by atoms with Gasteiger partial charge in [0.2, 0.25) is 5.91 Å². The van der Waals surface area contributed by atoms with Crippen LogP contribution in [0.1, 0.15) is 26.5 Å². The molecule has 1 heterocycles. The predicted octanol–water partition coefficient (Wildman–Crippen LogP) is 2.67. The average Bonchev–Trinajstić information content (AvgIpc) is 2.97. The summed E-state index contributed by atoms with van der Waals surface area (Å²) in [7, 11) is 0. The zero-order valence-corrected chi connectivity index (χ0v) is 13.4. The molecule has 0 saturated carbocycles. The minimum atomic E-state index is -0.544. The van der Waals surface area contributed by atoms with E-state index in [-0.39, 0.29) is 11.4 Å². The zero-order chi connectivity index (χ0) is 18.0. The molecule has 6 nitrogen and oxygen atoms in total. The SMILES string of the molecule is Cc1cc(C(=O)Nc2ccc(C(N)=O)cc2)nn1-c1ccccc1F. The van der Waals surface area contributed by atoms with E-state index in [1.165, 1.54) is 22.9 Å². The van der Waals surface area contributed by atoms with Gasteiger partial charge in [0.1, 0.15) is 11.5 Å². The minimum absolute atomic E-state index is 0.153. The first-order chi connectivity index (χ1) is 12.0. The number of amides is 2. The van der Waals surface area contributed by atoms with Crippen LogP contribution in [0, 0.1) is 12.7 Å². The van der Waals surface area contributed by atoms with Gasteiger partial charge in [-0.25, -0.2) is 9.07 Å². The first-order valence-electron chi connectivity index (χ1n) is 7.48. The minimum Gasteiger partial charge on any atom is -0.366 e. The highest BCUT2D eigenvalue weighted by atomic mass is 19.1. The Bertz CT molecular complexity index is 948. The van der Waals surface area contributed by atoms with Crippen molar-refractivity contribution >= 4 is 17.5 Å². The number of nitrogens with two attached hydrogens (primary N) is 1. The topological polar surface area (TPSA) is 90.0 Å². The van der Waals surface area contributed by atoms with Crippen molar-refractivity contribution in [3.05, 3.63) is 77.4 Å². The lowest BCUT2D eigenvalue weighted by Crippen LogP contribution is -2.14. The molecule has 0 aliphatic heterocycles. The first-order valence-corrected chi connectivity index (χ1v) is 7.48. The van der Waals surface area contributed by atoms with Crippen molar-refractivity contribution in [2.75, 3.05) is 5.32 Å². The average molecular weight is 338 g/mol. The van der Waals surface area contributed by atoms with Crippen LogP contribution in [0.3, 0.4) is 0 Å². The van der Waals surface area contributed by atoms with Crippen LogP contribution in [0.2, 0.25) is 0 Å². The van der Waals surface area contributed by atoms with Crippen LogP contribution in [0.5, 0.6) is 0 Å². The predicted molar refractivity (Wildman–Crippen MR) is 91.2 cm³/mol. The van der Waals surface area contributed by atoms with Crippen molar-refractivity contribution in [3.63, 3.8) is 0 Å². The Morgan fingerprint density at radius 1 is 1.12 bits per heavy atom. The fourth-order valence-electron chi connectivity index (χ4n) is 2.37. The third kappa shape index (κ3) is 3.40. The van der Waals surface area contributed by atoms with Gasteiger partial charge in [-0.3, -0.25) is 9.59 Å². The fraction of sp³-hybridized carbons (Fsp3) is 0.0556. The molecule has 0 saturated heterocycles. The number of aromatic nitrogens is 2. The number of halogens is 1. The van der Waals surface area contributed by atoms with Crippen LogP contribution in [0.25, 0.3) is 5.69 Å². The van der Waals surface area contributed by atoms with Crippen molar-refractivity contribution in [2.24, 2.45) is 5.73 Å². The summed E-state index contributed by atoms with van der Waals surface area (Å²) in [5.41, 5.74) is 7.06. The Labute approximate surface area is 143 Å². The monoisotopic (exact) mass is 338 g/mol. The van der Waals surface area contributed by atoms with Crippen LogP contribution in [-0.2, 0) is 0 Å². The molecule has 0 radical (unpaired) electrons. The van der Waals surface area contributed by atoms with Crippen LogP contribution >= 0.6 is 0 Å². The summed E-state index contributed by atoms with van der Waals surface area (Å²) in [6.45, 7) is 1.73. The first kappa shape index (κ1) is 16.4. The molecule has 2 amide bonds. The van der Waals surface area contributed by atoms with E-state index in [4.69, 9.17) is 5.73 Å². The second kappa shape index (κ2) is 6.56. The Morgan fingerprint density at radius 3 is 2.44 bits per heavy atom. The van der Waals surface area contributed by atoms with Gasteiger partial charge in [0.25, 0.3) is 5.91 Å². The molecule has 3 N–H and O–H groups in total. The van der Waals surface area contributed by atoms with E-state index in [0.29, 0.717) is 16.9 Å². The van der Waals surface area contributed by atoms with E-state index < -0.39 is 17.6 Å². The molecule has 0 aliphatic carbocycles. The summed E-state index contributed by atoms with van der Waals surface area (Å²) in [5.74, 6) is -1.41. The molecule has 1 aromatic heterocycles. The number of carbonyl (C=O) groups excluding carboxylic acids is 2. The molecular formula is C18H15FN4O2. The molecule has 0 bridgehead atoms. The molecule has 3 aromatic rings. The molecule has 7 heteroatoms. The highest BCUT2D eigenvalue weighted by Gasteiger charge is 2.15. The number of rotatable bonds is 4. The number of nitrogens with one attached hydrogen (secondary N) is 1. The second-order valence-corrected chi connectivity index (χ2v) is 5.43. The number of para-hydroxylation sites is 1.